The average molecular weight is 563 g/mol. The van der Waals surface area contributed by atoms with Crippen LogP contribution in [0.15, 0.2) is 30.3 Å². The Morgan fingerprint density at radius 3 is 2.66 bits per heavy atom. The molecule has 2 atom stereocenters. The topological polar surface area (TPSA) is 129 Å². The van der Waals surface area contributed by atoms with Gasteiger partial charge in [0.15, 0.2) is 0 Å². The fourth-order valence-corrected chi connectivity index (χ4v) is 5.97. The maximum Gasteiger partial charge on any atom is 0.410 e. The third kappa shape index (κ3) is 6.46. The highest BCUT2D eigenvalue weighted by Gasteiger charge is 2.35. The molecule has 0 unspecified atom stereocenters. The summed E-state index contributed by atoms with van der Waals surface area (Å²) in [4.78, 5) is 44.2. The molecule has 41 heavy (non-hydrogen) atoms. The Morgan fingerprint density at radius 2 is 1.95 bits per heavy atom. The van der Waals surface area contributed by atoms with Gasteiger partial charge in [0.25, 0.3) is 0 Å². The van der Waals surface area contributed by atoms with Gasteiger partial charge >= 0.3 is 12.2 Å². The number of amides is 2. The number of hydrogen-bond donors (Lipinski definition) is 1. The Bertz CT molecular complexity index is 1290. The molecule has 0 bridgehead atoms. The van der Waals surface area contributed by atoms with Gasteiger partial charge in [-0.3, -0.25) is 0 Å². The molecule has 2 fully saturated rings. The number of fused-ring (bicyclic) bond motifs is 1. The Balaban J connectivity index is 1.37. The van der Waals surface area contributed by atoms with E-state index in [1.165, 1.54) is 4.90 Å². The number of nitrogens with zero attached hydrogens (tertiary/aromatic N) is 8. The van der Waals surface area contributed by atoms with Crippen LogP contribution in [-0.4, -0.2) is 107 Å². The van der Waals surface area contributed by atoms with Crippen LogP contribution in [0.1, 0.15) is 36.1 Å². The number of likely N-dealkylation sites (N-methyl/N-ethyl adjacent to an activating group) is 2. The van der Waals surface area contributed by atoms with Gasteiger partial charge in [-0.05, 0) is 38.4 Å². The number of piperazine rings is 1. The molecule has 1 N–H and O–H groups in total. The molecule has 1 aromatic heterocycles. The second-order valence-corrected chi connectivity index (χ2v) is 11.1. The van der Waals surface area contributed by atoms with Crippen LogP contribution in [0.2, 0.25) is 0 Å². The molecule has 12 nitrogen and oxygen atoms in total. The van der Waals surface area contributed by atoms with Crippen molar-refractivity contribution in [3.8, 4) is 6.07 Å². The summed E-state index contributed by atoms with van der Waals surface area (Å²) in [5.41, 5.74) is 2.56. The van der Waals surface area contributed by atoms with E-state index in [0.717, 1.165) is 42.9 Å². The predicted octanol–water partition coefficient (Wildman–Crippen LogP) is 2.78. The average Bonchev–Trinajstić information content (AvgIpc) is 3.39. The Hall–Kier alpha value is -4.11. The van der Waals surface area contributed by atoms with E-state index >= 15 is 0 Å². The van der Waals surface area contributed by atoms with Crippen molar-refractivity contribution in [1.82, 2.24) is 24.7 Å². The van der Waals surface area contributed by atoms with E-state index in [1.54, 1.807) is 4.90 Å². The van der Waals surface area contributed by atoms with Gasteiger partial charge in [-0.15, -0.1) is 0 Å². The van der Waals surface area contributed by atoms with Crippen molar-refractivity contribution in [1.29, 1.82) is 5.26 Å². The quantitative estimate of drug-likeness (QED) is 0.538. The molecule has 0 spiro atoms. The first-order valence-corrected chi connectivity index (χ1v) is 14.2. The third-order valence-corrected chi connectivity index (χ3v) is 8.35. The molecule has 4 heterocycles. The van der Waals surface area contributed by atoms with Crippen LogP contribution in [0, 0.1) is 11.3 Å². The van der Waals surface area contributed by atoms with Crippen LogP contribution >= 0.6 is 0 Å². The zero-order valence-corrected chi connectivity index (χ0v) is 23.8. The van der Waals surface area contributed by atoms with Crippen LogP contribution in [0.5, 0.6) is 0 Å². The van der Waals surface area contributed by atoms with E-state index in [4.69, 9.17) is 14.7 Å². The highest BCUT2D eigenvalue weighted by molar-refractivity contribution is 5.69. The number of carboxylic acid groups (broad SMARTS) is 1. The van der Waals surface area contributed by atoms with Crippen LogP contribution in [0.25, 0.3) is 0 Å². The fourth-order valence-electron chi connectivity index (χ4n) is 5.97. The Labute approximate surface area is 240 Å². The number of nitriles is 1. The van der Waals surface area contributed by atoms with Crippen molar-refractivity contribution in [3.05, 3.63) is 47.2 Å². The number of hydrogen-bond acceptors (Lipinski definition) is 9. The molecule has 2 saturated heterocycles. The summed E-state index contributed by atoms with van der Waals surface area (Å²) < 4.78 is 5.59. The van der Waals surface area contributed by atoms with Crippen molar-refractivity contribution >= 4 is 24.0 Å². The summed E-state index contributed by atoms with van der Waals surface area (Å²) in [6.45, 7) is 3.92. The Kier molecular flexibility index (Phi) is 8.73. The molecular formula is C29H38N8O4. The summed E-state index contributed by atoms with van der Waals surface area (Å²) in [5, 5.41) is 19.2. The van der Waals surface area contributed by atoms with Gasteiger partial charge in [0, 0.05) is 51.4 Å². The molecule has 2 aromatic rings. The number of likely N-dealkylation sites (tertiary alicyclic amines) is 1. The normalized spacial score (nSPS) is 20.9. The lowest BCUT2D eigenvalue weighted by atomic mass is 10.0. The SMILES string of the molecule is CN(C[C@@H]1CCCN1C)c1nc2c(c(N3CCN(C(=O)OCc4ccccc4)[C@@H](CC#N)C3)n1)CCN(C(=O)O)C2. The monoisotopic (exact) mass is 562 g/mol. The summed E-state index contributed by atoms with van der Waals surface area (Å²) in [7, 11) is 4.11. The lowest BCUT2D eigenvalue weighted by Crippen LogP contribution is -2.56. The molecule has 12 heteroatoms. The van der Waals surface area contributed by atoms with Crippen molar-refractivity contribution < 1.29 is 19.4 Å². The van der Waals surface area contributed by atoms with Crippen molar-refractivity contribution in [2.24, 2.45) is 0 Å². The first-order valence-electron chi connectivity index (χ1n) is 14.2. The fraction of sp³-hybridized carbons (Fsp3) is 0.552. The minimum atomic E-state index is -0.963. The largest absolute Gasteiger partial charge is 0.465 e. The molecule has 1 aromatic carbocycles. The number of anilines is 2. The van der Waals surface area contributed by atoms with E-state index < -0.39 is 12.2 Å². The smallest absolute Gasteiger partial charge is 0.410 e. The van der Waals surface area contributed by atoms with Gasteiger partial charge in [0.2, 0.25) is 5.95 Å². The number of ether oxygens (including phenoxy) is 1. The van der Waals surface area contributed by atoms with Crippen LogP contribution in [0.3, 0.4) is 0 Å². The minimum absolute atomic E-state index is 0.164. The lowest BCUT2D eigenvalue weighted by molar-refractivity contribution is 0.0768. The zero-order valence-electron chi connectivity index (χ0n) is 23.8. The summed E-state index contributed by atoms with van der Waals surface area (Å²) >= 11 is 0. The number of aromatic nitrogens is 2. The minimum Gasteiger partial charge on any atom is -0.465 e. The predicted molar refractivity (Wildman–Crippen MR) is 153 cm³/mol. The molecule has 3 aliphatic heterocycles. The van der Waals surface area contributed by atoms with Gasteiger partial charge < -0.3 is 34.3 Å². The van der Waals surface area contributed by atoms with E-state index in [9.17, 15) is 20.0 Å². The molecule has 3 aliphatic rings. The van der Waals surface area contributed by atoms with E-state index in [-0.39, 0.29) is 25.6 Å². The maximum absolute atomic E-state index is 13.0. The van der Waals surface area contributed by atoms with Gasteiger partial charge in [-0.25, -0.2) is 14.6 Å². The van der Waals surface area contributed by atoms with Gasteiger partial charge in [0.05, 0.1) is 30.8 Å². The standard InChI is InChI=1S/C29H38N8O4/c1-33-13-6-9-22(33)17-34(2)27-31-25-19-36(28(38)39)14-11-24(25)26(32-27)35-15-16-37(23(18-35)10-12-30)29(40)41-20-21-7-4-3-5-8-21/h3-5,7-8,22-23H,6,9-11,13-20H2,1-2H3,(H,38,39)/t22-,23-/m0/s1. The molecule has 0 aliphatic carbocycles. The highest BCUT2D eigenvalue weighted by atomic mass is 16.6. The summed E-state index contributed by atoms with van der Waals surface area (Å²) in [6, 6.07) is 11.8. The molecule has 2 amide bonds. The summed E-state index contributed by atoms with van der Waals surface area (Å²) in [6.07, 6.45) is 1.55. The van der Waals surface area contributed by atoms with Gasteiger partial charge in [-0.1, -0.05) is 30.3 Å². The lowest BCUT2D eigenvalue weighted by Gasteiger charge is -2.42. The number of carbonyl (C=O) groups excluding carboxylic acids is 1. The molecule has 0 radical (unpaired) electrons. The van der Waals surface area contributed by atoms with Crippen molar-refractivity contribution in [3.63, 3.8) is 0 Å². The molecule has 5 rings (SSSR count). The van der Waals surface area contributed by atoms with E-state index in [2.05, 4.69) is 27.8 Å². The Morgan fingerprint density at radius 1 is 1.15 bits per heavy atom. The first-order chi connectivity index (χ1) is 19.8. The van der Waals surface area contributed by atoms with E-state index in [0.29, 0.717) is 50.3 Å². The number of benzene rings is 1. The maximum atomic E-state index is 13.0. The van der Waals surface area contributed by atoms with Crippen molar-refractivity contribution in [2.45, 2.75) is 50.9 Å². The zero-order chi connectivity index (χ0) is 28.9. The van der Waals surface area contributed by atoms with Gasteiger partial charge in [-0.2, -0.15) is 10.2 Å². The molecule has 218 valence electrons. The second-order valence-electron chi connectivity index (χ2n) is 11.1. The summed E-state index contributed by atoms with van der Waals surface area (Å²) in [5.74, 6) is 1.33. The third-order valence-electron chi connectivity index (χ3n) is 8.35. The molecule has 0 saturated carbocycles. The van der Waals surface area contributed by atoms with E-state index in [1.807, 2.05) is 37.4 Å². The van der Waals surface area contributed by atoms with Crippen molar-refractivity contribution in [2.75, 3.05) is 63.2 Å². The highest BCUT2D eigenvalue weighted by Crippen LogP contribution is 2.31. The van der Waals surface area contributed by atoms with Crippen LogP contribution < -0.4 is 9.80 Å². The van der Waals surface area contributed by atoms with Crippen LogP contribution in [-0.2, 0) is 24.3 Å². The molecular weight excluding hydrogens is 524 g/mol. The van der Waals surface area contributed by atoms with Gasteiger partial charge in [0.1, 0.15) is 12.4 Å². The first kappa shape index (κ1) is 28.4. The van der Waals surface area contributed by atoms with Crippen LogP contribution in [0.4, 0.5) is 21.4 Å². The number of carbonyl (C=O) groups is 2. The second kappa shape index (κ2) is 12.6. The number of rotatable bonds is 7.